The number of nitrogens with zero attached hydrogens (tertiary/aromatic N) is 2. The molecule has 1 N–H and O–H groups in total. The first kappa shape index (κ1) is 13.5. The van der Waals surface area contributed by atoms with Crippen LogP contribution in [0.5, 0.6) is 0 Å². The third-order valence-electron chi connectivity index (χ3n) is 2.47. The average molecular weight is 281 g/mol. The van der Waals surface area contributed by atoms with Gasteiger partial charge in [0.2, 0.25) is 0 Å². The number of halogens is 1. The fraction of sp³-hybridized carbons (Fsp3) is 0.250. The van der Waals surface area contributed by atoms with Crippen LogP contribution in [0.1, 0.15) is 23.7 Å². The summed E-state index contributed by atoms with van der Waals surface area (Å²) in [4.78, 5) is 23.0. The van der Waals surface area contributed by atoms with Gasteiger partial charge in [0, 0.05) is 17.0 Å². The van der Waals surface area contributed by atoms with Crippen molar-refractivity contribution >= 4 is 18.0 Å². The molecule has 0 aliphatic heterocycles. The molecule has 0 aliphatic rings. The first-order valence-electron chi connectivity index (χ1n) is 5.73. The number of rotatable bonds is 5. The Morgan fingerprint density at radius 3 is 3.00 bits per heavy atom. The monoisotopic (exact) mass is 281 g/mol. The van der Waals surface area contributed by atoms with Gasteiger partial charge in [-0.3, -0.25) is 9.36 Å². The Hall–Kier alpha value is -1.89. The Balaban J connectivity index is 2.36. The second kappa shape index (κ2) is 5.83. The molecule has 0 spiro atoms. The summed E-state index contributed by atoms with van der Waals surface area (Å²) in [6.07, 6.45) is 1.37. The normalized spacial score (nSPS) is 10.6. The minimum absolute atomic E-state index is 0.239. The van der Waals surface area contributed by atoms with Crippen LogP contribution in [-0.2, 0) is 6.54 Å². The summed E-state index contributed by atoms with van der Waals surface area (Å²) in [7, 11) is 0. The van der Waals surface area contributed by atoms with Crippen molar-refractivity contribution in [1.82, 2.24) is 14.8 Å². The van der Waals surface area contributed by atoms with E-state index in [0.29, 0.717) is 22.9 Å². The Morgan fingerprint density at radius 1 is 1.53 bits per heavy atom. The highest BCUT2D eigenvalue weighted by Crippen LogP contribution is 2.28. The predicted octanol–water partition coefficient (Wildman–Crippen LogP) is 2.08. The number of aromatic nitrogens is 3. The van der Waals surface area contributed by atoms with E-state index in [9.17, 15) is 14.0 Å². The van der Waals surface area contributed by atoms with E-state index < -0.39 is 5.82 Å². The molecule has 0 bridgehead atoms. The molecule has 0 unspecified atom stereocenters. The molecule has 2 aromatic rings. The van der Waals surface area contributed by atoms with Gasteiger partial charge >= 0.3 is 5.69 Å². The molecule has 5 nitrogen and oxygen atoms in total. The SMILES string of the molecule is CCCn1c(Sc2ccc(F)cc2C=O)n[nH]c1=O. The van der Waals surface area contributed by atoms with Gasteiger partial charge in [0.25, 0.3) is 0 Å². The van der Waals surface area contributed by atoms with E-state index in [4.69, 9.17) is 0 Å². The van der Waals surface area contributed by atoms with Gasteiger partial charge in [0.15, 0.2) is 11.4 Å². The van der Waals surface area contributed by atoms with Gasteiger partial charge in [0.05, 0.1) is 0 Å². The highest BCUT2D eigenvalue weighted by atomic mass is 32.2. The van der Waals surface area contributed by atoms with E-state index in [1.165, 1.54) is 16.7 Å². The number of nitrogens with one attached hydrogen (secondary N) is 1. The number of carbonyl (C=O) groups excluding carboxylic acids is 1. The maximum Gasteiger partial charge on any atom is 0.343 e. The molecular weight excluding hydrogens is 269 g/mol. The molecule has 0 amide bonds. The van der Waals surface area contributed by atoms with Crippen LogP contribution in [0, 0.1) is 5.82 Å². The van der Waals surface area contributed by atoms with Crippen LogP contribution in [0.2, 0.25) is 0 Å². The van der Waals surface area contributed by atoms with Crippen molar-refractivity contribution < 1.29 is 9.18 Å². The number of hydrogen-bond acceptors (Lipinski definition) is 4. The highest BCUT2D eigenvalue weighted by molar-refractivity contribution is 7.99. The Kier molecular flexibility index (Phi) is 4.16. The van der Waals surface area contributed by atoms with Crippen molar-refractivity contribution in [2.24, 2.45) is 0 Å². The molecule has 1 heterocycles. The van der Waals surface area contributed by atoms with E-state index in [1.807, 2.05) is 6.92 Å². The maximum absolute atomic E-state index is 13.0. The topological polar surface area (TPSA) is 67.8 Å². The van der Waals surface area contributed by atoms with Crippen molar-refractivity contribution in [2.75, 3.05) is 0 Å². The Labute approximate surface area is 112 Å². The molecule has 7 heteroatoms. The fourth-order valence-corrected chi connectivity index (χ4v) is 2.54. The first-order chi connectivity index (χ1) is 9.15. The number of aldehydes is 1. The molecular formula is C12H12FN3O2S. The quantitative estimate of drug-likeness (QED) is 0.852. The summed E-state index contributed by atoms with van der Waals surface area (Å²) in [6, 6.07) is 3.92. The Bertz CT molecular complexity index is 651. The van der Waals surface area contributed by atoms with Crippen LogP contribution in [0.4, 0.5) is 4.39 Å². The molecule has 19 heavy (non-hydrogen) atoms. The van der Waals surface area contributed by atoms with Gasteiger partial charge < -0.3 is 0 Å². The third kappa shape index (κ3) is 2.93. The zero-order valence-electron chi connectivity index (χ0n) is 10.2. The fourth-order valence-electron chi connectivity index (χ4n) is 1.60. The first-order valence-corrected chi connectivity index (χ1v) is 6.55. The molecule has 1 aromatic carbocycles. The lowest BCUT2D eigenvalue weighted by Gasteiger charge is -2.05. The molecule has 0 saturated heterocycles. The molecule has 0 fully saturated rings. The largest absolute Gasteiger partial charge is 0.343 e. The predicted molar refractivity (Wildman–Crippen MR) is 69.0 cm³/mol. The minimum Gasteiger partial charge on any atom is -0.298 e. The molecule has 0 aliphatic carbocycles. The van der Waals surface area contributed by atoms with Gasteiger partial charge in [-0.05, 0) is 36.4 Å². The molecule has 0 saturated carbocycles. The summed E-state index contributed by atoms with van der Waals surface area (Å²) in [5, 5.41) is 6.73. The number of H-pyrrole nitrogens is 1. The molecule has 0 radical (unpaired) electrons. The van der Waals surface area contributed by atoms with Gasteiger partial charge in [-0.1, -0.05) is 6.92 Å². The van der Waals surface area contributed by atoms with Crippen LogP contribution in [0.25, 0.3) is 0 Å². The van der Waals surface area contributed by atoms with Crippen LogP contribution < -0.4 is 5.69 Å². The van der Waals surface area contributed by atoms with Crippen molar-refractivity contribution in [2.45, 2.75) is 29.9 Å². The lowest BCUT2D eigenvalue weighted by molar-refractivity contribution is 0.112. The summed E-state index contributed by atoms with van der Waals surface area (Å²) in [5.41, 5.74) is -0.0531. The highest BCUT2D eigenvalue weighted by Gasteiger charge is 2.12. The van der Waals surface area contributed by atoms with Gasteiger partial charge in [-0.25, -0.2) is 14.3 Å². The van der Waals surface area contributed by atoms with E-state index >= 15 is 0 Å². The smallest absolute Gasteiger partial charge is 0.298 e. The summed E-state index contributed by atoms with van der Waals surface area (Å²) < 4.78 is 14.5. The Morgan fingerprint density at radius 2 is 2.32 bits per heavy atom. The zero-order valence-corrected chi connectivity index (χ0v) is 11.0. The van der Waals surface area contributed by atoms with Crippen LogP contribution in [-0.4, -0.2) is 21.1 Å². The van der Waals surface area contributed by atoms with Crippen LogP contribution >= 0.6 is 11.8 Å². The molecule has 2 rings (SSSR count). The summed E-state index contributed by atoms with van der Waals surface area (Å²) >= 11 is 1.16. The average Bonchev–Trinajstić information content (AvgIpc) is 2.74. The number of hydrogen-bond donors (Lipinski definition) is 1. The van der Waals surface area contributed by atoms with E-state index in [-0.39, 0.29) is 11.3 Å². The van der Waals surface area contributed by atoms with E-state index in [0.717, 1.165) is 24.2 Å². The van der Waals surface area contributed by atoms with Gasteiger partial charge in [0.1, 0.15) is 5.82 Å². The second-order valence-corrected chi connectivity index (χ2v) is 4.87. The van der Waals surface area contributed by atoms with Crippen molar-refractivity contribution in [3.05, 3.63) is 40.1 Å². The molecule has 0 atom stereocenters. The van der Waals surface area contributed by atoms with Gasteiger partial charge in [-0.15, -0.1) is 5.10 Å². The maximum atomic E-state index is 13.0. The summed E-state index contributed by atoms with van der Waals surface area (Å²) in [6.45, 7) is 2.48. The number of carbonyl (C=O) groups is 1. The lowest BCUT2D eigenvalue weighted by atomic mass is 10.2. The van der Waals surface area contributed by atoms with Gasteiger partial charge in [-0.2, -0.15) is 0 Å². The standard InChI is InChI=1S/C12H12FN3O2S/c1-2-5-16-11(18)14-15-12(16)19-10-4-3-9(13)6-8(10)7-17/h3-4,6-7H,2,5H2,1H3,(H,14,18). The number of aromatic amines is 1. The van der Waals surface area contributed by atoms with Crippen LogP contribution in [0.3, 0.4) is 0 Å². The van der Waals surface area contributed by atoms with E-state index in [2.05, 4.69) is 10.2 Å². The van der Waals surface area contributed by atoms with Crippen molar-refractivity contribution in [3.63, 3.8) is 0 Å². The van der Waals surface area contributed by atoms with Crippen molar-refractivity contribution in [1.29, 1.82) is 0 Å². The minimum atomic E-state index is -0.473. The van der Waals surface area contributed by atoms with Crippen LogP contribution in [0.15, 0.2) is 33.0 Å². The molecule has 100 valence electrons. The third-order valence-corrected chi connectivity index (χ3v) is 3.56. The molecule has 1 aromatic heterocycles. The summed E-state index contributed by atoms with van der Waals surface area (Å²) in [5.74, 6) is -0.473. The van der Waals surface area contributed by atoms with E-state index in [1.54, 1.807) is 0 Å². The van der Waals surface area contributed by atoms with Crippen molar-refractivity contribution in [3.8, 4) is 0 Å². The second-order valence-electron chi connectivity index (χ2n) is 3.87. The zero-order chi connectivity index (χ0) is 13.8. The lowest BCUT2D eigenvalue weighted by Crippen LogP contribution is -2.17. The number of benzene rings is 1.